The Balaban J connectivity index is 3.00. The average molecular weight is 243 g/mol. The van der Waals surface area contributed by atoms with Crippen LogP contribution in [-0.4, -0.2) is 35.5 Å². The largest absolute Gasteiger partial charge is 0.508 e. The molecule has 0 radical (unpaired) electrons. The van der Waals surface area contributed by atoms with Crippen LogP contribution in [0.1, 0.15) is 17.3 Å². The SMILES string of the molecule is CC(CN)N(C)C(=O)c1cc(O)ccc1Cl. The van der Waals surface area contributed by atoms with Crippen LogP contribution in [0, 0.1) is 0 Å². The van der Waals surface area contributed by atoms with Gasteiger partial charge in [0.15, 0.2) is 0 Å². The van der Waals surface area contributed by atoms with E-state index < -0.39 is 0 Å². The molecule has 0 aliphatic rings. The van der Waals surface area contributed by atoms with Crippen LogP contribution in [0.2, 0.25) is 5.02 Å². The second kappa shape index (κ2) is 5.18. The second-order valence-corrected chi connectivity index (χ2v) is 4.07. The first-order valence-electron chi connectivity index (χ1n) is 4.93. The van der Waals surface area contributed by atoms with Crippen molar-refractivity contribution in [2.45, 2.75) is 13.0 Å². The molecule has 88 valence electrons. The van der Waals surface area contributed by atoms with Crippen LogP contribution >= 0.6 is 11.6 Å². The van der Waals surface area contributed by atoms with E-state index in [-0.39, 0.29) is 23.3 Å². The fraction of sp³-hybridized carbons (Fsp3) is 0.364. The highest BCUT2D eigenvalue weighted by Gasteiger charge is 2.19. The molecule has 5 heteroatoms. The minimum atomic E-state index is -0.251. The number of carbonyl (C=O) groups excluding carboxylic acids is 1. The van der Waals surface area contributed by atoms with Crippen molar-refractivity contribution in [3.05, 3.63) is 28.8 Å². The van der Waals surface area contributed by atoms with Gasteiger partial charge in [-0.05, 0) is 25.1 Å². The molecule has 3 N–H and O–H groups in total. The summed E-state index contributed by atoms with van der Waals surface area (Å²) in [6.07, 6.45) is 0. The number of likely N-dealkylation sites (N-methyl/N-ethyl adjacent to an activating group) is 1. The molecule has 0 spiro atoms. The number of benzene rings is 1. The Morgan fingerprint density at radius 3 is 2.81 bits per heavy atom. The van der Waals surface area contributed by atoms with Gasteiger partial charge in [-0.2, -0.15) is 0 Å². The Bertz CT molecular complexity index is 396. The highest BCUT2D eigenvalue weighted by molar-refractivity contribution is 6.33. The first kappa shape index (κ1) is 12.8. The number of rotatable bonds is 3. The molecule has 0 heterocycles. The van der Waals surface area contributed by atoms with Gasteiger partial charge in [0.05, 0.1) is 10.6 Å². The zero-order chi connectivity index (χ0) is 12.3. The number of phenols is 1. The van der Waals surface area contributed by atoms with Crippen molar-refractivity contribution in [1.29, 1.82) is 0 Å². The molecule has 16 heavy (non-hydrogen) atoms. The number of halogens is 1. The van der Waals surface area contributed by atoms with Crippen LogP contribution in [-0.2, 0) is 0 Å². The molecule has 0 saturated heterocycles. The van der Waals surface area contributed by atoms with E-state index in [0.29, 0.717) is 11.6 Å². The minimum Gasteiger partial charge on any atom is -0.508 e. The van der Waals surface area contributed by atoms with Gasteiger partial charge in [-0.3, -0.25) is 4.79 Å². The maximum absolute atomic E-state index is 12.0. The molecular formula is C11H15ClN2O2. The van der Waals surface area contributed by atoms with Crippen molar-refractivity contribution in [2.24, 2.45) is 5.73 Å². The summed E-state index contributed by atoms with van der Waals surface area (Å²) in [6.45, 7) is 2.22. The zero-order valence-corrected chi connectivity index (χ0v) is 10.0. The second-order valence-electron chi connectivity index (χ2n) is 3.66. The third kappa shape index (κ3) is 2.65. The van der Waals surface area contributed by atoms with E-state index in [4.69, 9.17) is 17.3 Å². The molecule has 1 aromatic carbocycles. The normalized spacial score (nSPS) is 12.2. The van der Waals surface area contributed by atoms with E-state index in [2.05, 4.69) is 0 Å². The van der Waals surface area contributed by atoms with Crippen LogP contribution in [0.3, 0.4) is 0 Å². The monoisotopic (exact) mass is 242 g/mol. The number of nitrogens with zero attached hydrogens (tertiary/aromatic N) is 1. The molecule has 1 unspecified atom stereocenters. The van der Waals surface area contributed by atoms with Gasteiger partial charge in [-0.15, -0.1) is 0 Å². The Labute approximate surface area is 99.6 Å². The average Bonchev–Trinajstić information content (AvgIpc) is 2.29. The fourth-order valence-corrected chi connectivity index (χ4v) is 1.42. The maximum atomic E-state index is 12.0. The van der Waals surface area contributed by atoms with Crippen molar-refractivity contribution in [3.63, 3.8) is 0 Å². The van der Waals surface area contributed by atoms with Gasteiger partial charge >= 0.3 is 0 Å². The number of phenolic OH excluding ortho intramolecular Hbond substituents is 1. The zero-order valence-electron chi connectivity index (χ0n) is 9.27. The Kier molecular flexibility index (Phi) is 4.15. The molecular weight excluding hydrogens is 228 g/mol. The van der Waals surface area contributed by atoms with Crippen molar-refractivity contribution < 1.29 is 9.90 Å². The van der Waals surface area contributed by atoms with Crippen molar-refractivity contribution in [2.75, 3.05) is 13.6 Å². The topological polar surface area (TPSA) is 66.6 Å². The van der Waals surface area contributed by atoms with Gasteiger partial charge in [-0.1, -0.05) is 11.6 Å². The number of aromatic hydroxyl groups is 1. The van der Waals surface area contributed by atoms with Gasteiger partial charge in [0, 0.05) is 19.6 Å². The third-order valence-corrected chi connectivity index (χ3v) is 2.83. The van der Waals surface area contributed by atoms with E-state index >= 15 is 0 Å². The lowest BCUT2D eigenvalue weighted by Gasteiger charge is -2.24. The minimum absolute atomic E-state index is 0.0153. The number of hydrogen-bond donors (Lipinski definition) is 2. The molecule has 4 nitrogen and oxygen atoms in total. The van der Waals surface area contributed by atoms with E-state index in [1.165, 1.54) is 23.1 Å². The van der Waals surface area contributed by atoms with Gasteiger partial charge in [0.1, 0.15) is 5.75 Å². The first-order valence-corrected chi connectivity index (χ1v) is 5.31. The van der Waals surface area contributed by atoms with Crippen LogP contribution in [0.15, 0.2) is 18.2 Å². The molecule has 0 fully saturated rings. The molecule has 1 amide bonds. The fourth-order valence-electron chi connectivity index (χ4n) is 1.23. The lowest BCUT2D eigenvalue weighted by atomic mass is 10.1. The Morgan fingerprint density at radius 1 is 1.62 bits per heavy atom. The van der Waals surface area contributed by atoms with Crippen LogP contribution in [0.5, 0.6) is 5.75 Å². The van der Waals surface area contributed by atoms with Crippen LogP contribution in [0.4, 0.5) is 0 Å². The summed E-state index contributed by atoms with van der Waals surface area (Å²) in [5.41, 5.74) is 5.76. The van der Waals surface area contributed by atoms with E-state index in [9.17, 15) is 9.90 Å². The number of amides is 1. The Hall–Kier alpha value is -1.26. The summed E-state index contributed by atoms with van der Waals surface area (Å²) in [5, 5.41) is 9.63. The predicted molar refractivity (Wildman–Crippen MR) is 63.7 cm³/mol. The molecule has 0 bridgehead atoms. The van der Waals surface area contributed by atoms with Gasteiger partial charge < -0.3 is 15.7 Å². The molecule has 0 aromatic heterocycles. The molecule has 1 aromatic rings. The highest BCUT2D eigenvalue weighted by Crippen LogP contribution is 2.22. The molecule has 0 saturated carbocycles. The standard InChI is InChI=1S/C11H15ClN2O2/c1-7(6-13)14(2)11(16)9-5-8(15)3-4-10(9)12/h3-5,7,15H,6,13H2,1-2H3. The predicted octanol–water partition coefficient (Wildman–Crippen LogP) is 1.46. The number of carbonyl (C=O) groups is 1. The summed E-state index contributed by atoms with van der Waals surface area (Å²) in [4.78, 5) is 13.5. The van der Waals surface area contributed by atoms with Gasteiger partial charge in [0.25, 0.3) is 5.91 Å². The summed E-state index contributed by atoms with van der Waals surface area (Å²) < 4.78 is 0. The number of hydrogen-bond acceptors (Lipinski definition) is 3. The lowest BCUT2D eigenvalue weighted by Crippen LogP contribution is -2.39. The van der Waals surface area contributed by atoms with Crippen molar-refractivity contribution >= 4 is 17.5 Å². The first-order chi connectivity index (χ1) is 7.47. The summed E-state index contributed by atoms with van der Waals surface area (Å²) in [6, 6.07) is 4.20. The molecule has 0 aliphatic carbocycles. The van der Waals surface area contributed by atoms with Crippen LogP contribution < -0.4 is 5.73 Å². The van der Waals surface area contributed by atoms with Crippen molar-refractivity contribution in [1.82, 2.24) is 4.90 Å². The number of nitrogens with two attached hydrogens (primary N) is 1. The van der Waals surface area contributed by atoms with E-state index in [1.54, 1.807) is 7.05 Å². The molecule has 0 aliphatic heterocycles. The lowest BCUT2D eigenvalue weighted by molar-refractivity contribution is 0.0748. The summed E-state index contributed by atoms with van der Waals surface area (Å²) in [5.74, 6) is -0.236. The summed E-state index contributed by atoms with van der Waals surface area (Å²) in [7, 11) is 1.65. The molecule has 1 atom stereocenters. The van der Waals surface area contributed by atoms with E-state index in [1.807, 2.05) is 6.92 Å². The van der Waals surface area contributed by atoms with Crippen LogP contribution in [0.25, 0.3) is 0 Å². The highest BCUT2D eigenvalue weighted by atomic mass is 35.5. The van der Waals surface area contributed by atoms with Crippen molar-refractivity contribution in [3.8, 4) is 5.75 Å². The van der Waals surface area contributed by atoms with E-state index in [0.717, 1.165) is 0 Å². The summed E-state index contributed by atoms with van der Waals surface area (Å²) >= 11 is 5.89. The molecule has 1 rings (SSSR count). The Morgan fingerprint density at radius 2 is 2.25 bits per heavy atom. The smallest absolute Gasteiger partial charge is 0.255 e. The third-order valence-electron chi connectivity index (χ3n) is 2.50. The quantitative estimate of drug-likeness (QED) is 0.844. The maximum Gasteiger partial charge on any atom is 0.255 e. The van der Waals surface area contributed by atoms with Gasteiger partial charge in [-0.25, -0.2) is 0 Å². The van der Waals surface area contributed by atoms with Gasteiger partial charge in [0.2, 0.25) is 0 Å².